The summed E-state index contributed by atoms with van der Waals surface area (Å²) in [5.74, 6) is -0.927. The fourth-order valence-electron chi connectivity index (χ4n) is 2.14. The van der Waals surface area contributed by atoms with Crippen LogP contribution in [0.5, 0.6) is 0 Å². The first-order chi connectivity index (χ1) is 9.82. The molecule has 0 aliphatic carbocycles. The summed E-state index contributed by atoms with van der Waals surface area (Å²) in [5.41, 5.74) is 0. The topological polar surface area (TPSA) is 77.9 Å². The number of benzene rings is 1. The number of halogens is 2. The maximum Gasteiger partial charge on any atom is 0.317 e. The summed E-state index contributed by atoms with van der Waals surface area (Å²) in [6, 6.07) is 4.46. The van der Waals surface area contributed by atoms with E-state index >= 15 is 0 Å². The molecule has 1 aromatic carbocycles. The molecule has 116 valence electrons. The molecule has 1 saturated heterocycles. The number of hydrogen-bond donors (Lipinski definition) is 1. The molecule has 1 aliphatic heterocycles. The largest absolute Gasteiger partial charge is 0.480 e. The van der Waals surface area contributed by atoms with Crippen LogP contribution in [0.25, 0.3) is 0 Å². The van der Waals surface area contributed by atoms with E-state index < -0.39 is 16.0 Å². The van der Waals surface area contributed by atoms with E-state index in [2.05, 4.69) is 0 Å². The minimum Gasteiger partial charge on any atom is -0.480 e. The van der Waals surface area contributed by atoms with Crippen LogP contribution >= 0.6 is 23.2 Å². The first-order valence-electron chi connectivity index (χ1n) is 6.20. The lowest BCUT2D eigenvalue weighted by Crippen LogP contribution is -2.49. The van der Waals surface area contributed by atoms with Gasteiger partial charge in [-0.25, -0.2) is 8.42 Å². The minimum absolute atomic E-state index is 0.00660. The predicted octanol–water partition coefficient (Wildman–Crippen LogP) is 1.38. The predicted molar refractivity (Wildman–Crippen MR) is 79.3 cm³/mol. The Bertz CT molecular complexity index is 643. The summed E-state index contributed by atoms with van der Waals surface area (Å²) in [6.45, 7) is 1.08. The lowest BCUT2D eigenvalue weighted by Gasteiger charge is -2.33. The number of carboxylic acid groups (broad SMARTS) is 1. The van der Waals surface area contributed by atoms with E-state index in [1.807, 2.05) is 0 Å². The van der Waals surface area contributed by atoms with Gasteiger partial charge in [-0.15, -0.1) is 0 Å². The minimum atomic E-state index is -3.72. The van der Waals surface area contributed by atoms with E-state index in [0.717, 1.165) is 0 Å². The molecule has 0 atom stereocenters. The first kappa shape index (κ1) is 16.5. The second-order valence-corrected chi connectivity index (χ2v) is 7.32. The summed E-state index contributed by atoms with van der Waals surface area (Å²) in [5, 5.41) is 8.92. The van der Waals surface area contributed by atoms with Gasteiger partial charge in [0.25, 0.3) is 0 Å². The third-order valence-corrected chi connectivity index (χ3v) is 6.10. The normalized spacial score (nSPS) is 17.8. The summed E-state index contributed by atoms with van der Waals surface area (Å²) >= 11 is 11.8. The van der Waals surface area contributed by atoms with Gasteiger partial charge in [0.2, 0.25) is 10.0 Å². The Hall–Kier alpha value is -0.860. The molecule has 0 unspecified atom stereocenters. The van der Waals surface area contributed by atoms with Crippen molar-refractivity contribution in [1.82, 2.24) is 9.21 Å². The van der Waals surface area contributed by atoms with Crippen molar-refractivity contribution in [2.24, 2.45) is 0 Å². The molecule has 9 heteroatoms. The van der Waals surface area contributed by atoms with Gasteiger partial charge in [0, 0.05) is 26.2 Å². The van der Waals surface area contributed by atoms with Gasteiger partial charge < -0.3 is 5.11 Å². The van der Waals surface area contributed by atoms with E-state index in [1.54, 1.807) is 4.90 Å². The zero-order chi connectivity index (χ0) is 15.6. The molecule has 0 aromatic heterocycles. The van der Waals surface area contributed by atoms with Crippen molar-refractivity contribution in [1.29, 1.82) is 0 Å². The van der Waals surface area contributed by atoms with Crippen LogP contribution in [-0.2, 0) is 14.8 Å². The molecular formula is C12H14Cl2N2O4S. The van der Waals surface area contributed by atoms with E-state index in [0.29, 0.717) is 13.1 Å². The summed E-state index contributed by atoms with van der Waals surface area (Å²) in [7, 11) is -3.72. The highest BCUT2D eigenvalue weighted by molar-refractivity contribution is 7.89. The maximum absolute atomic E-state index is 12.5. The molecule has 2 rings (SSSR count). The van der Waals surface area contributed by atoms with Gasteiger partial charge in [0.05, 0.1) is 16.6 Å². The van der Waals surface area contributed by atoms with Crippen LogP contribution in [0.1, 0.15) is 0 Å². The molecule has 0 saturated carbocycles. The van der Waals surface area contributed by atoms with Crippen molar-refractivity contribution in [3.63, 3.8) is 0 Å². The average Bonchev–Trinajstić information content (AvgIpc) is 2.41. The Kier molecular flexibility index (Phi) is 5.11. The number of carbonyl (C=O) groups is 1. The molecule has 1 fully saturated rings. The maximum atomic E-state index is 12.5. The van der Waals surface area contributed by atoms with E-state index in [4.69, 9.17) is 28.3 Å². The second-order valence-electron chi connectivity index (χ2n) is 4.63. The number of aliphatic carboxylic acids is 1. The Morgan fingerprint density at radius 3 is 2.38 bits per heavy atom. The molecule has 1 aromatic rings. The van der Waals surface area contributed by atoms with Crippen LogP contribution in [0.3, 0.4) is 0 Å². The molecule has 6 nitrogen and oxygen atoms in total. The fourth-order valence-corrected chi connectivity index (χ4v) is 4.30. The summed E-state index contributed by atoms with van der Waals surface area (Å²) in [4.78, 5) is 12.3. The van der Waals surface area contributed by atoms with Crippen molar-refractivity contribution in [2.45, 2.75) is 4.90 Å². The highest BCUT2D eigenvalue weighted by atomic mass is 35.5. The molecular weight excluding hydrogens is 339 g/mol. The lowest BCUT2D eigenvalue weighted by molar-refractivity contribution is -0.138. The molecule has 0 bridgehead atoms. The number of hydrogen-bond acceptors (Lipinski definition) is 4. The van der Waals surface area contributed by atoms with Gasteiger partial charge >= 0.3 is 5.97 Å². The molecule has 0 radical (unpaired) electrons. The monoisotopic (exact) mass is 352 g/mol. The summed E-state index contributed by atoms with van der Waals surface area (Å²) < 4.78 is 26.4. The Labute approximate surface area is 132 Å². The van der Waals surface area contributed by atoms with Crippen molar-refractivity contribution in [3.05, 3.63) is 28.2 Å². The summed E-state index contributed by atoms with van der Waals surface area (Å²) in [6.07, 6.45) is 0. The van der Waals surface area contributed by atoms with Crippen LogP contribution in [0.2, 0.25) is 10.0 Å². The molecule has 1 aliphatic rings. The van der Waals surface area contributed by atoms with Gasteiger partial charge in [-0.3, -0.25) is 9.69 Å². The third kappa shape index (κ3) is 3.67. The van der Waals surface area contributed by atoms with Crippen LogP contribution in [0.15, 0.2) is 23.1 Å². The fraction of sp³-hybridized carbons (Fsp3) is 0.417. The molecule has 21 heavy (non-hydrogen) atoms. The number of nitrogens with zero attached hydrogens (tertiary/aromatic N) is 2. The highest BCUT2D eigenvalue weighted by Crippen LogP contribution is 2.31. The number of rotatable bonds is 4. The molecule has 0 amide bonds. The van der Waals surface area contributed by atoms with Crippen LogP contribution in [0.4, 0.5) is 0 Å². The molecule has 0 spiro atoms. The van der Waals surface area contributed by atoms with Crippen molar-refractivity contribution >= 4 is 39.2 Å². The number of sulfonamides is 1. The zero-order valence-corrected chi connectivity index (χ0v) is 13.3. The SMILES string of the molecule is O=C(O)CN1CCN(S(=O)(=O)c2cccc(Cl)c2Cl)CC1. The first-order valence-corrected chi connectivity index (χ1v) is 8.40. The Morgan fingerprint density at radius 2 is 1.81 bits per heavy atom. The van der Waals surface area contributed by atoms with Gasteiger partial charge in [0.1, 0.15) is 4.90 Å². The average molecular weight is 353 g/mol. The Morgan fingerprint density at radius 1 is 1.19 bits per heavy atom. The zero-order valence-electron chi connectivity index (χ0n) is 11.0. The number of carboxylic acids is 1. The second kappa shape index (κ2) is 6.50. The van der Waals surface area contributed by atoms with Crippen LogP contribution < -0.4 is 0 Å². The van der Waals surface area contributed by atoms with Crippen molar-refractivity contribution < 1.29 is 18.3 Å². The van der Waals surface area contributed by atoms with E-state index in [1.165, 1.54) is 22.5 Å². The van der Waals surface area contributed by atoms with E-state index in [-0.39, 0.29) is 34.6 Å². The Balaban J connectivity index is 2.15. The van der Waals surface area contributed by atoms with Gasteiger partial charge in [-0.05, 0) is 12.1 Å². The van der Waals surface area contributed by atoms with Crippen LogP contribution in [-0.4, -0.2) is 61.4 Å². The molecule has 1 heterocycles. The van der Waals surface area contributed by atoms with E-state index in [9.17, 15) is 13.2 Å². The van der Waals surface area contributed by atoms with Crippen molar-refractivity contribution in [3.8, 4) is 0 Å². The standard InChI is InChI=1S/C12H14Cl2N2O4S/c13-9-2-1-3-10(12(9)14)21(19,20)16-6-4-15(5-7-16)8-11(17)18/h1-3H,4-8H2,(H,17,18). The quantitative estimate of drug-likeness (QED) is 0.885. The number of piperazine rings is 1. The van der Waals surface area contributed by atoms with Gasteiger partial charge in [-0.2, -0.15) is 4.31 Å². The van der Waals surface area contributed by atoms with Crippen molar-refractivity contribution in [2.75, 3.05) is 32.7 Å². The van der Waals surface area contributed by atoms with Crippen LogP contribution in [0, 0.1) is 0 Å². The highest BCUT2D eigenvalue weighted by Gasteiger charge is 2.30. The smallest absolute Gasteiger partial charge is 0.317 e. The van der Waals surface area contributed by atoms with Gasteiger partial charge in [0.15, 0.2) is 0 Å². The molecule has 1 N–H and O–H groups in total. The van der Waals surface area contributed by atoms with Gasteiger partial charge in [-0.1, -0.05) is 29.3 Å². The third-order valence-electron chi connectivity index (χ3n) is 3.22. The lowest BCUT2D eigenvalue weighted by atomic mass is 10.3.